The summed E-state index contributed by atoms with van der Waals surface area (Å²) in [6.07, 6.45) is 1.01. The third kappa shape index (κ3) is 3.22. The monoisotopic (exact) mass is 297 g/mol. The Morgan fingerprint density at radius 2 is 1.76 bits per heavy atom. The maximum atomic E-state index is 4.69. The smallest absolute Gasteiger partial charge is 0.148 e. The third-order valence-electron chi connectivity index (χ3n) is 3.43. The Labute approximate surface area is 129 Å². The van der Waals surface area contributed by atoms with E-state index in [1.807, 2.05) is 42.5 Å². The molecule has 3 aromatic rings. The first-order chi connectivity index (χ1) is 10.1. The van der Waals surface area contributed by atoms with Crippen LogP contribution >= 0.6 is 11.3 Å². The Morgan fingerprint density at radius 3 is 2.43 bits per heavy atom. The summed E-state index contributed by atoms with van der Waals surface area (Å²) < 4.78 is 0. The molecule has 0 spiro atoms. The Kier molecular flexibility index (Phi) is 3.88. The number of aromatic nitrogens is 2. The van der Waals surface area contributed by atoms with Crippen molar-refractivity contribution in [3.63, 3.8) is 0 Å². The van der Waals surface area contributed by atoms with Crippen LogP contribution in [-0.2, 0) is 6.42 Å². The summed E-state index contributed by atoms with van der Waals surface area (Å²) in [5.74, 6) is 0.884. The van der Waals surface area contributed by atoms with Crippen molar-refractivity contribution >= 4 is 28.2 Å². The minimum absolute atomic E-state index is 0.331. The van der Waals surface area contributed by atoms with E-state index in [2.05, 4.69) is 36.3 Å². The molecule has 0 fully saturated rings. The van der Waals surface area contributed by atoms with E-state index in [1.54, 1.807) is 0 Å². The van der Waals surface area contributed by atoms with Gasteiger partial charge in [0.15, 0.2) is 0 Å². The number of aryl methyl sites for hydroxylation is 2. The molecule has 0 saturated carbocycles. The van der Waals surface area contributed by atoms with Crippen LogP contribution in [0.2, 0.25) is 0 Å². The molecule has 1 aromatic carbocycles. The molecule has 3 rings (SSSR count). The highest BCUT2D eigenvalue weighted by Gasteiger charge is 2.10. The molecule has 1 unspecified atom stereocenters. The number of para-hydroxylation sites is 2. The number of fused-ring (bicyclic) bond motifs is 1. The molecule has 0 bridgehead atoms. The lowest BCUT2D eigenvalue weighted by Crippen LogP contribution is -2.19. The van der Waals surface area contributed by atoms with E-state index in [-0.39, 0.29) is 0 Å². The van der Waals surface area contributed by atoms with E-state index in [1.165, 1.54) is 9.75 Å². The second kappa shape index (κ2) is 5.82. The van der Waals surface area contributed by atoms with Crippen LogP contribution in [0.1, 0.15) is 22.4 Å². The van der Waals surface area contributed by atoms with Crippen molar-refractivity contribution in [2.75, 3.05) is 5.32 Å². The number of hydrogen-bond donors (Lipinski definition) is 1. The largest absolute Gasteiger partial charge is 0.366 e. The summed E-state index contributed by atoms with van der Waals surface area (Å²) in [6, 6.07) is 12.7. The van der Waals surface area contributed by atoms with E-state index < -0.39 is 0 Å². The molecular weight excluding hydrogens is 278 g/mol. The van der Waals surface area contributed by atoms with E-state index in [0.29, 0.717) is 6.04 Å². The van der Waals surface area contributed by atoms with Gasteiger partial charge in [-0.2, -0.15) is 0 Å². The fourth-order valence-corrected chi connectivity index (χ4v) is 3.43. The second-order valence-corrected chi connectivity index (χ2v) is 6.78. The van der Waals surface area contributed by atoms with Gasteiger partial charge in [0.05, 0.1) is 16.7 Å². The summed E-state index contributed by atoms with van der Waals surface area (Å²) in [5.41, 5.74) is 2.83. The van der Waals surface area contributed by atoms with Gasteiger partial charge >= 0.3 is 0 Å². The molecule has 0 aliphatic carbocycles. The number of rotatable bonds is 4. The molecule has 0 aliphatic rings. The van der Waals surface area contributed by atoms with Crippen LogP contribution in [0.3, 0.4) is 0 Å². The van der Waals surface area contributed by atoms with Crippen LogP contribution in [0.15, 0.2) is 36.4 Å². The highest BCUT2D eigenvalue weighted by molar-refractivity contribution is 7.11. The Balaban J connectivity index is 1.79. The molecule has 1 N–H and O–H groups in total. The molecule has 108 valence electrons. The van der Waals surface area contributed by atoms with Crippen molar-refractivity contribution in [1.82, 2.24) is 9.97 Å². The number of thiophene rings is 1. The van der Waals surface area contributed by atoms with Crippen molar-refractivity contribution in [3.8, 4) is 0 Å². The SMILES string of the molecule is Cc1ccc(CC(C)Nc2nc3ccccc3nc2C)s1. The standard InChI is InChI=1S/C17H19N3S/c1-11(10-14-9-8-12(2)21-14)18-17-13(3)19-15-6-4-5-7-16(15)20-17/h4-9,11H,10H2,1-3H3,(H,18,20). The van der Waals surface area contributed by atoms with Gasteiger partial charge in [-0.15, -0.1) is 11.3 Å². The molecule has 1 atom stereocenters. The van der Waals surface area contributed by atoms with Gasteiger partial charge in [-0.25, -0.2) is 9.97 Å². The van der Waals surface area contributed by atoms with E-state index in [9.17, 15) is 0 Å². The lowest BCUT2D eigenvalue weighted by Gasteiger charge is -2.15. The van der Waals surface area contributed by atoms with E-state index >= 15 is 0 Å². The fraction of sp³-hybridized carbons (Fsp3) is 0.294. The van der Waals surface area contributed by atoms with Gasteiger partial charge < -0.3 is 5.32 Å². The van der Waals surface area contributed by atoms with Crippen molar-refractivity contribution in [3.05, 3.63) is 51.8 Å². The summed E-state index contributed by atoms with van der Waals surface area (Å²) in [4.78, 5) is 12.1. The number of benzene rings is 1. The van der Waals surface area contributed by atoms with Gasteiger partial charge in [-0.1, -0.05) is 12.1 Å². The quantitative estimate of drug-likeness (QED) is 0.778. The molecular formula is C17H19N3S. The van der Waals surface area contributed by atoms with Gasteiger partial charge in [0, 0.05) is 22.2 Å². The van der Waals surface area contributed by atoms with Crippen LogP contribution in [0.4, 0.5) is 5.82 Å². The molecule has 0 radical (unpaired) electrons. The highest BCUT2D eigenvalue weighted by Crippen LogP contribution is 2.20. The maximum Gasteiger partial charge on any atom is 0.148 e. The zero-order valence-corrected chi connectivity index (χ0v) is 13.4. The van der Waals surface area contributed by atoms with Crippen LogP contribution in [0.5, 0.6) is 0 Å². The number of nitrogens with zero attached hydrogens (tertiary/aromatic N) is 2. The Hall–Kier alpha value is -1.94. The number of anilines is 1. The minimum atomic E-state index is 0.331. The number of nitrogens with one attached hydrogen (secondary N) is 1. The lowest BCUT2D eigenvalue weighted by atomic mass is 10.2. The second-order valence-electron chi connectivity index (χ2n) is 5.41. The van der Waals surface area contributed by atoms with Crippen LogP contribution in [0.25, 0.3) is 11.0 Å². The predicted molar refractivity (Wildman–Crippen MR) is 90.1 cm³/mol. The average molecular weight is 297 g/mol. The first-order valence-electron chi connectivity index (χ1n) is 7.17. The van der Waals surface area contributed by atoms with Gasteiger partial charge in [-0.3, -0.25) is 0 Å². The highest BCUT2D eigenvalue weighted by atomic mass is 32.1. The summed E-state index contributed by atoms with van der Waals surface area (Å²) >= 11 is 1.86. The molecule has 0 aliphatic heterocycles. The predicted octanol–water partition coefficient (Wildman–Crippen LogP) is 4.35. The molecule has 2 heterocycles. The van der Waals surface area contributed by atoms with Crippen LogP contribution in [-0.4, -0.2) is 16.0 Å². The number of hydrogen-bond acceptors (Lipinski definition) is 4. The van der Waals surface area contributed by atoms with Crippen molar-refractivity contribution in [2.45, 2.75) is 33.2 Å². The molecule has 0 amide bonds. The molecule has 4 heteroatoms. The van der Waals surface area contributed by atoms with E-state index in [4.69, 9.17) is 4.98 Å². The first kappa shape index (κ1) is 14.0. The van der Waals surface area contributed by atoms with Crippen LogP contribution in [0, 0.1) is 13.8 Å². The van der Waals surface area contributed by atoms with Crippen molar-refractivity contribution in [1.29, 1.82) is 0 Å². The van der Waals surface area contributed by atoms with Gasteiger partial charge in [0.25, 0.3) is 0 Å². The minimum Gasteiger partial charge on any atom is -0.366 e. The lowest BCUT2D eigenvalue weighted by molar-refractivity contribution is 0.792. The van der Waals surface area contributed by atoms with Crippen molar-refractivity contribution in [2.24, 2.45) is 0 Å². The fourth-order valence-electron chi connectivity index (χ4n) is 2.41. The Morgan fingerprint density at radius 1 is 1.05 bits per heavy atom. The van der Waals surface area contributed by atoms with Crippen molar-refractivity contribution < 1.29 is 0 Å². The molecule has 21 heavy (non-hydrogen) atoms. The van der Waals surface area contributed by atoms with Gasteiger partial charge in [-0.05, 0) is 45.0 Å². The average Bonchev–Trinajstić information content (AvgIpc) is 2.85. The van der Waals surface area contributed by atoms with Crippen LogP contribution < -0.4 is 5.32 Å². The topological polar surface area (TPSA) is 37.8 Å². The zero-order chi connectivity index (χ0) is 14.8. The van der Waals surface area contributed by atoms with Gasteiger partial charge in [0.1, 0.15) is 5.82 Å². The molecule has 0 saturated heterocycles. The molecule has 2 aromatic heterocycles. The first-order valence-corrected chi connectivity index (χ1v) is 7.99. The zero-order valence-electron chi connectivity index (χ0n) is 12.6. The summed E-state index contributed by atoms with van der Waals surface area (Å²) in [6.45, 7) is 6.33. The summed E-state index contributed by atoms with van der Waals surface area (Å²) in [5, 5.41) is 3.49. The van der Waals surface area contributed by atoms with E-state index in [0.717, 1.165) is 29.0 Å². The Bertz CT molecular complexity index is 764. The maximum absolute atomic E-state index is 4.69. The molecule has 3 nitrogen and oxygen atoms in total. The third-order valence-corrected chi connectivity index (χ3v) is 4.45. The summed E-state index contributed by atoms with van der Waals surface area (Å²) in [7, 11) is 0. The van der Waals surface area contributed by atoms with Gasteiger partial charge in [0.2, 0.25) is 0 Å². The normalized spacial score (nSPS) is 12.5.